The molecular weight excluding hydrogens is 304 g/mol. The zero-order valence-electron chi connectivity index (χ0n) is 16.2. The van der Waals surface area contributed by atoms with Crippen LogP contribution in [0.15, 0.2) is 0 Å². The summed E-state index contributed by atoms with van der Waals surface area (Å²) in [5.74, 6) is 0.338. The SMILES string of the molecule is CC(C)(C)CC(C(=O)OCC(=O)OC1CC2CCC1C2)C(C)(C)C. The number of fused-ring (bicyclic) bond motifs is 2. The number of esters is 2. The van der Waals surface area contributed by atoms with Gasteiger partial charge in [-0.1, -0.05) is 41.5 Å². The van der Waals surface area contributed by atoms with Crippen molar-refractivity contribution in [1.82, 2.24) is 0 Å². The average molecular weight is 338 g/mol. The van der Waals surface area contributed by atoms with Gasteiger partial charge < -0.3 is 9.47 Å². The van der Waals surface area contributed by atoms with Gasteiger partial charge in [-0.15, -0.1) is 0 Å². The number of ether oxygens (including phenoxy) is 2. The van der Waals surface area contributed by atoms with E-state index in [1.165, 1.54) is 19.3 Å². The molecule has 0 aromatic heterocycles. The Morgan fingerprint density at radius 1 is 1.04 bits per heavy atom. The molecule has 0 saturated heterocycles. The van der Waals surface area contributed by atoms with Crippen LogP contribution >= 0.6 is 0 Å². The molecule has 0 spiro atoms. The van der Waals surface area contributed by atoms with Crippen molar-refractivity contribution in [2.24, 2.45) is 28.6 Å². The first-order chi connectivity index (χ1) is 11.0. The normalized spacial score (nSPS) is 27.8. The maximum atomic E-state index is 12.5. The molecule has 4 heteroatoms. The van der Waals surface area contributed by atoms with Gasteiger partial charge in [0.05, 0.1) is 5.92 Å². The highest BCUT2D eigenvalue weighted by atomic mass is 16.6. The number of hydrogen-bond donors (Lipinski definition) is 0. The van der Waals surface area contributed by atoms with E-state index in [2.05, 4.69) is 20.8 Å². The number of rotatable bonds is 5. The lowest BCUT2D eigenvalue weighted by molar-refractivity contribution is -0.168. The van der Waals surface area contributed by atoms with Gasteiger partial charge >= 0.3 is 11.9 Å². The fraction of sp³-hybridized carbons (Fsp3) is 0.900. The molecule has 0 radical (unpaired) electrons. The first-order valence-corrected chi connectivity index (χ1v) is 9.32. The topological polar surface area (TPSA) is 52.6 Å². The van der Waals surface area contributed by atoms with E-state index in [1.54, 1.807) is 0 Å². The van der Waals surface area contributed by atoms with Crippen LogP contribution in [0.2, 0.25) is 0 Å². The minimum absolute atomic E-state index is 0.0283. The lowest BCUT2D eigenvalue weighted by Crippen LogP contribution is -2.35. The predicted octanol–water partition coefficient (Wildman–Crippen LogP) is 4.36. The standard InChI is InChI=1S/C20H34O4/c1-19(2,3)11-15(20(4,5)6)18(22)23-12-17(21)24-16-10-13-7-8-14(16)9-13/h13-16H,7-12H2,1-6H3. The van der Waals surface area contributed by atoms with Crippen LogP contribution in [0.4, 0.5) is 0 Å². The monoisotopic (exact) mass is 338 g/mol. The smallest absolute Gasteiger partial charge is 0.344 e. The van der Waals surface area contributed by atoms with Gasteiger partial charge in [0.1, 0.15) is 6.10 Å². The van der Waals surface area contributed by atoms with E-state index in [9.17, 15) is 9.59 Å². The molecule has 4 nitrogen and oxygen atoms in total. The Bertz CT molecular complexity index is 469. The second kappa shape index (κ2) is 7.05. The van der Waals surface area contributed by atoms with Crippen molar-refractivity contribution in [2.45, 2.75) is 79.8 Å². The summed E-state index contributed by atoms with van der Waals surface area (Å²) in [5.41, 5.74) is -0.167. The molecule has 0 aromatic rings. The van der Waals surface area contributed by atoms with Crippen LogP contribution in [0.3, 0.4) is 0 Å². The molecule has 4 atom stereocenters. The lowest BCUT2D eigenvalue weighted by atomic mass is 9.72. The molecule has 0 aliphatic heterocycles. The largest absolute Gasteiger partial charge is 0.460 e. The van der Waals surface area contributed by atoms with E-state index in [4.69, 9.17) is 9.47 Å². The molecule has 0 heterocycles. The van der Waals surface area contributed by atoms with Gasteiger partial charge in [0, 0.05) is 0 Å². The highest BCUT2D eigenvalue weighted by molar-refractivity contribution is 5.78. The molecule has 2 bridgehead atoms. The maximum Gasteiger partial charge on any atom is 0.344 e. The third-order valence-corrected chi connectivity index (χ3v) is 5.43. The predicted molar refractivity (Wildman–Crippen MR) is 93.3 cm³/mol. The van der Waals surface area contributed by atoms with Crippen molar-refractivity contribution < 1.29 is 19.1 Å². The maximum absolute atomic E-state index is 12.5. The first kappa shape index (κ1) is 19.3. The van der Waals surface area contributed by atoms with Gasteiger partial charge in [-0.2, -0.15) is 0 Å². The summed E-state index contributed by atoms with van der Waals surface area (Å²) in [4.78, 5) is 24.5. The molecule has 0 N–H and O–H groups in total. The van der Waals surface area contributed by atoms with Crippen molar-refractivity contribution in [3.8, 4) is 0 Å². The summed E-state index contributed by atoms with van der Waals surface area (Å²) >= 11 is 0. The van der Waals surface area contributed by atoms with Crippen LogP contribution in [0.1, 0.15) is 73.6 Å². The van der Waals surface area contributed by atoms with Crippen molar-refractivity contribution >= 4 is 11.9 Å². The molecule has 0 aromatic carbocycles. The molecule has 0 amide bonds. The third kappa shape index (κ3) is 5.22. The Kier molecular flexibility index (Phi) is 5.66. The Labute approximate surface area is 146 Å². The molecular formula is C20H34O4. The van der Waals surface area contributed by atoms with Crippen molar-refractivity contribution in [3.05, 3.63) is 0 Å². The van der Waals surface area contributed by atoms with E-state index in [0.717, 1.165) is 18.8 Å². The summed E-state index contributed by atoms with van der Waals surface area (Å²) in [6, 6.07) is 0. The lowest BCUT2D eigenvalue weighted by Gasteiger charge is -2.33. The zero-order chi connectivity index (χ0) is 18.1. The van der Waals surface area contributed by atoms with Gasteiger partial charge in [0.25, 0.3) is 0 Å². The van der Waals surface area contributed by atoms with Crippen molar-refractivity contribution in [1.29, 1.82) is 0 Å². The first-order valence-electron chi connectivity index (χ1n) is 9.32. The van der Waals surface area contributed by atoms with Crippen LogP contribution in [0, 0.1) is 28.6 Å². The van der Waals surface area contributed by atoms with Gasteiger partial charge in [-0.25, -0.2) is 4.79 Å². The third-order valence-electron chi connectivity index (χ3n) is 5.43. The van der Waals surface area contributed by atoms with Gasteiger partial charge in [-0.05, 0) is 54.8 Å². The van der Waals surface area contributed by atoms with Crippen LogP contribution in [0.5, 0.6) is 0 Å². The quantitative estimate of drug-likeness (QED) is 0.699. The Morgan fingerprint density at radius 2 is 1.71 bits per heavy atom. The van der Waals surface area contributed by atoms with Crippen LogP contribution in [-0.2, 0) is 19.1 Å². The molecule has 4 unspecified atom stereocenters. The van der Waals surface area contributed by atoms with Gasteiger partial charge in [-0.3, -0.25) is 4.79 Å². The zero-order valence-corrected chi connectivity index (χ0v) is 16.2. The second-order valence-corrected chi connectivity index (χ2v) is 9.99. The Morgan fingerprint density at radius 3 is 2.17 bits per heavy atom. The van der Waals surface area contributed by atoms with E-state index < -0.39 is 5.97 Å². The highest BCUT2D eigenvalue weighted by Gasteiger charge is 2.42. The molecule has 2 fully saturated rings. The minimum Gasteiger partial charge on any atom is -0.460 e. The Balaban J connectivity index is 1.82. The molecule has 138 valence electrons. The van der Waals surface area contributed by atoms with Gasteiger partial charge in [0.15, 0.2) is 6.61 Å². The molecule has 2 rings (SSSR count). The van der Waals surface area contributed by atoms with Gasteiger partial charge in [0.2, 0.25) is 0 Å². The fourth-order valence-corrected chi connectivity index (χ4v) is 4.12. The van der Waals surface area contributed by atoms with Crippen molar-refractivity contribution in [3.63, 3.8) is 0 Å². The van der Waals surface area contributed by atoms with E-state index in [1.807, 2.05) is 20.8 Å². The van der Waals surface area contributed by atoms with E-state index in [0.29, 0.717) is 5.92 Å². The summed E-state index contributed by atoms with van der Waals surface area (Å²) in [6.45, 7) is 12.2. The average Bonchev–Trinajstić information content (AvgIpc) is 3.02. The molecule has 2 aliphatic rings. The number of carbonyl (C=O) groups is 2. The summed E-state index contributed by atoms with van der Waals surface area (Å²) < 4.78 is 10.9. The fourth-order valence-electron chi connectivity index (χ4n) is 4.12. The summed E-state index contributed by atoms with van der Waals surface area (Å²) in [5, 5.41) is 0. The summed E-state index contributed by atoms with van der Waals surface area (Å²) in [7, 11) is 0. The van der Waals surface area contributed by atoms with Crippen LogP contribution in [0.25, 0.3) is 0 Å². The molecule has 2 aliphatic carbocycles. The van der Waals surface area contributed by atoms with E-state index in [-0.39, 0.29) is 35.4 Å². The van der Waals surface area contributed by atoms with E-state index >= 15 is 0 Å². The molecule has 2 saturated carbocycles. The Hall–Kier alpha value is -1.06. The minimum atomic E-state index is -0.399. The highest BCUT2D eigenvalue weighted by Crippen LogP contribution is 2.45. The number of hydrogen-bond acceptors (Lipinski definition) is 4. The second-order valence-electron chi connectivity index (χ2n) is 9.99. The molecule has 24 heavy (non-hydrogen) atoms. The van der Waals surface area contributed by atoms with Crippen molar-refractivity contribution in [2.75, 3.05) is 6.61 Å². The van der Waals surface area contributed by atoms with Crippen LogP contribution in [-0.4, -0.2) is 24.6 Å². The van der Waals surface area contributed by atoms with Crippen LogP contribution < -0.4 is 0 Å². The number of carbonyl (C=O) groups excluding carboxylic acids is 2. The summed E-state index contributed by atoms with van der Waals surface area (Å²) in [6.07, 6.45) is 5.39.